The Morgan fingerprint density at radius 1 is 1.18 bits per heavy atom. The molecule has 1 rings (SSSR count). The van der Waals surface area contributed by atoms with Gasteiger partial charge in [-0.1, -0.05) is 13.8 Å². The number of rotatable bonds is 4. The maximum atomic E-state index is 3.38. The number of hydrogen-bond donors (Lipinski definition) is 1. The Morgan fingerprint density at radius 3 is 2.18 bits per heavy atom. The molecule has 2 heteroatoms. The fourth-order valence-electron chi connectivity index (χ4n) is 1.10. The van der Waals surface area contributed by atoms with Crippen LogP contribution < -0.4 is 5.43 Å². The molecule has 0 aliphatic rings. The van der Waals surface area contributed by atoms with Crippen molar-refractivity contribution in [2.45, 2.75) is 32.7 Å². The predicted octanol–water partition coefficient (Wildman–Crippen LogP) is 2.22. The quantitative estimate of drug-likeness (QED) is 0.700. The Balaban J connectivity index is 2.41. The Morgan fingerprint density at radius 2 is 1.73 bits per heavy atom. The molecule has 0 amide bonds. The molecule has 1 aromatic rings. The smallest absolute Gasteiger partial charge is 0.0419 e. The van der Waals surface area contributed by atoms with Gasteiger partial charge >= 0.3 is 0 Å². The van der Waals surface area contributed by atoms with E-state index in [2.05, 4.69) is 19.3 Å². The fourth-order valence-corrected chi connectivity index (χ4v) is 1.10. The molecule has 0 saturated heterocycles. The van der Waals surface area contributed by atoms with Crippen molar-refractivity contribution in [2.75, 3.05) is 5.43 Å². The largest absolute Gasteiger partial charge is 0.323 e. The van der Waals surface area contributed by atoms with Crippen LogP contribution in [0, 0.1) is 0 Å². The third-order valence-electron chi connectivity index (χ3n) is 1.92. The molecule has 1 heterocycles. The molecule has 62 valence electrons. The molecule has 0 saturated carbocycles. The highest BCUT2D eigenvalue weighted by atomic mass is 15.4. The highest BCUT2D eigenvalue weighted by Crippen LogP contribution is 1.98. The number of aromatic nitrogens is 1. The molecule has 0 radical (unpaired) electrons. The highest BCUT2D eigenvalue weighted by Gasteiger charge is 1.99. The normalized spacial score (nSPS) is 10.5. The lowest BCUT2D eigenvalue weighted by molar-refractivity contribution is 0.601. The van der Waals surface area contributed by atoms with E-state index in [1.807, 2.05) is 29.2 Å². The molecule has 0 fully saturated rings. The predicted molar refractivity (Wildman–Crippen MR) is 48.2 cm³/mol. The minimum atomic E-state index is 0.599. The highest BCUT2D eigenvalue weighted by molar-refractivity contribution is 4.94. The van der Waals surface area contributed by atoms with Crippen molar-refractivity contribution in [2.24, 2.45) is 0 Å². The van der Waals surface area contributed by atoms with Gasteiger partial charge in [-0.25, -0.2) is 0 Å². The molecule has 0 aliphatic heterocycles. The summed E-state index contributed by atoms with van der Waals surface area (Å²) < 4.78 is 2.01. The number of nitrogens with zero attached hydrogens (tertiary/aromatic N) is 1. The van der Waals surface area contributed by atoms with E-state index in [1.54, 1.807) is 0 Å². The van der Waals surface area contributed by atoms with Crippen molar-refractivity contribution in [1.82, 2.24) is 4.68 Å². The van der Waals surface area contributed by atoms with Gasteiger partial charge in [-0.2, -0.15) is 0 Å². The second-order valence-electron chi connectivity index (χ2n) is 2.73. The first-order valence-corrected chi connectivity index (χ1v) is 4.26. The summed E-state index contributed by atoms with van der Waals surface area (Å²) in [6, 6.07) is 4.65. The van der Waals surface area contributed by atoms with Gasteiger partial charge in [0.1, 0.15) is 0 Å². The summed E-state index contributed by atoms with van der Waals surface area (Å²) in [5.74, 6) is 0. The van der Waals surface area contributed by atoms with Crippen LogP contribution >= 0.6 is 0 Å². The minimum absolute atomic E-state index is 0.599. The average molecular weight is 152 g/mol. The lowest BCUT2D eigenvalue weighted by Gasteiger charge is -2.16. The fraction of sp³-hybridized carbons (Fsp3) is 0.556. The molecule has 0 unspecified atom stereocenters. The third kappa shape index (κ3) is 2.30. The molecule has 0 aliphatic carbocycles. The van der Waals surface area contributed by atoms with Gasteiger partial charge in [-0.05, 0) is 25.0 Å². The summed E-state index contributed by atoms with van der Waals surface area (Å²) in [5.41, 5.74) is 3.38. The van der Waals surface area contributed by atoms with Crippen LogP contribution in [0.5, 0.6) is 0 Å². The average Bonchev–Trinajstić information content (AvgIpc) is 2.52. The molecular weight excluding hydrogens is 136 g/mol. The standard InChI is InChI=1S/C9H16N2/c1-3-9(4-2)10-11-7-5-6-8-11/h5-10H,3-4H2,1-2H3. The van der Waals surface area contributed by atoms with Gasteiger partial charge in [0.25, 0.3) is 0 Å². The first-order valence-electron chi connectivity index (χ1n) is 4.26. The van der Waals surface area contributed by atoms with Crippen molar-refractivity contribution < 1.29 is 0 Å². The third-order valence-corrected chi connectivity index (χ3v) is 1.92. The van der Waals surface area contributed by atoms with E-state index in [-0.39, 0.29) is 0 Å². The maximum Gasteiger partial charge on any atom is 0.0419 e. The van der Waals surface area contributed by atoms with Crippen molar-refractivity contribution in [3.05, 3.63) is 24.5 Å². The van der Waals surface area contributed by atoms with Gasteiger partial charge in [-0.15, -0.1) is 0 Å². The molecule has 1 N–H and O–H groups in total. The molecular formula is C9H16N2. The molecule has 2 nitrogen and oxygen atoms in total. The van der Waals surface area contributed by atoms with Crippen molar-refractivity contribution in [3.63, 3.8) is 0 Å². The van der Waals surface area contributed by atoms with Crippen molar-refractivity contribution in [1.29, 1.82) is 0 Å². The van der Waals surface area contributed by atoms with E-state index in [9.17, 15) is 0 Å². The monoisotopic (exact) mass is 152 g/mol. The molecule has 0 bridgehead atoms. The van der Waals surface area contributed by atoms with E-state index in [0.29, 0.717) is 6.04 Å². The summed E-state index contributed by atoms with van der Waals surface area (Å²) in [6.45, 7) is 4.40. The Bertz CT molecular complexity index is 175. The SMILES string of the molecule is CCC(CC)Nn1cccc1. The second kappa shape index (κ2) is 4.06. The van der Waals surface area contributed by atoms with Crippen LogP contribution in [0.4, 0.5) is 0 Å². The summed E-state index contributed by atoms with van der Waals surface area (Å²) in [7, 11) is 0. The van der Waals surface area contributed by atoms with Crippen LogP contribution in [0.2, 0.25) is 0 Å². The zero-order chi connectivity index (χ0) is 8.10. The van der Waals surface area contributed by atoms with E-state index in [4.69, 9.17) is 0 Å². The van der Waals surface area contributed by atoms with E-state index < -0.39 is 0 Å². The molecule has 1 aromatic heterocycles. The summed E-state index contributed by atoms with van der Waals surface area (Å²) >= 11 is 0. The van der Waals surface area contributed by atoms with Crippen LogP contribution in [0.15, 0.2) is 24.5 Å². The van der Waals surface area contributed by atoms with Gasteiger partial charge in [0, 0.05) is 18.4 Å². The Hall–Kier alpha value is -0.920. The van der Waals surface area contributed by atoms with Crippen LogP contribution in [0.1, 0.15) is 26.7 Å². The lowest BCUT2D eigenvalue weighted by atomic mass is 10.2. The van der Waals surface area contributed by atoms with Crippen LogP contribution in [-0.4, -0.2) is 10.7 Å². The van der Waals surface area contributed by atoms with Gasteiger partial charge < -0.3 is 5.43 Å². The van der Waals surface area contributed by atoms with E-state index in [1.165, 1.54) is 12.8 Å². The number of nitrogens with one attached hydrogen (secondary N) is 1. The molecule has 0 atom stereocenters. The zero-order valence-electron chi connectivity index (χ0n) is 7.25. The first kappa shape index (κ1) is 8.18. The Labute approximate surface area is 68.2 Å². The molecule has 11 heavy (non-hydrogen) atoms. The first-order chi connectivity index (χ1) is 5.36. The number of hydrogen-bond acceptors (Lipinski definition) is 1. The van der Waals surface area contributed by atoms with Gasteiger partial charge in [-0.3, -0.25) is 4.68 Å². The van der Waals surface area contributed by atoms with Gasteiger partial charge in [0.15, 0.2) is 0 Å². The molecule has 0 spiro atoms. The summed E-state index contributed by atoms with van der Waals surface area (Å²) in [4.78, 5) is 0. The summed E-state index contributed by atoms with van der Waals surface area (Å²) in [6.07, 6.45) is 6.40. The second-order valence-corrected chi connectivity index (χ2v) is 2.73. The van der Waals surface area contributed by atoms with Gasteiger partial charge in [0.05, 0.1) is 0 Å². The molecule has 0 aromatic carbocycles. The Kier molecular flexibility index (Phi) is 3.02. The van der Waals surface area contributed by atoms with Crippen LogP contribution in [0.3, 0.4) is 0 Å². The van der Waals surface area contributed by atoms with Crippen LogP contribution in [0.25, 0.3) is 0 Å². The lowest BCUT2D eigenvalue weighted by Crippen LogP contribution is -2.25. The summed E-state index contributed by atoms with van der Waals surface area (Å²) in [5, 5.41) is 0. The van der Waals surface area contributed by atoms with Crippen LogP contribution in [-0.2, 0) is 0 Å². The maximum absolute atomic E-state index is 3.38. The minimum Gasteiger partial charge on any atom is -0.323 e. The topological polar surface area (TPSA) is 17.0 Å². The zero-order valence-corrected chi connectivity index (χ0v) is 7.25. The van der Waals surface area contributed by atoms with E-state index >= 15 is 0 Å². The van der Waals surface area contributed by atoms with Gasteiger partial charge in [0.2, 0.25) is 0 Å². The van der Waals surface area contributed by atoms with Crippen molar-refractivity contribution in [3.8, 4) is 0 Å². The van der Waals surface area contributed by atoms with Crippen molar-refractivity contribution >= 4 is 0 Å². The van der Waals surface area contributed by atoms with E-state index in [0.717, 1.165) is 0 Å².